The van der Waals surface area contributed by atoms with Gasteiger partial charge in [0.1, 0.15) is 0 Å². The molecule has 0 aliphatic carbocycles. The van der Waals surface area contributed by atoms with Crippen LogP contribution in [0.4, 0.5) is 0 Å². The van der Waals surface area contributed by atoms with Crippen LogP contribution in [-0.4, -0.2) is 46.8 Å². The maximum atomic E-state index is 10.2. The van der Waals surface area contributed by atoms with Gasteiger partial charge in [-0.25, -0.2) is 4.79 Å². The fourth-order valence-electron chi connectivity index (χ4n) is 0.968. The molecule has 2 N–H and O–H groups in total. The van der Waals surface area contributed by atoms with Gasteiger partial charge in [0.05, 0.1) is 0 Å². The van der Waals surface area contributed by atoms with Gasteiger partial charge in [0.15, 0.2) is 6.10 Å². The molecule has 4 heteroatoms. The normalized spacial score (nSPS) is 13.3. The van der Waals surface area contributed by atoms with Crippen molar-refractivity contribution >= 4 is 5.97 Å². The van der Waals surface area contributed by atoms with Gasteiger partial charge >= 0.3 is 5.97 Å². The van der Waals surface area contributed by atoms with E-state index in [0.717, 1.165) is 13.1 Å². The summed E-state index contributed by atoms with van der Waals surface area (Å²) in [6.07, 6.45) is -0.914. The maximum absolute atomic E-state index is 10.2. The van der Waals surface area contributed by atoms with Crippen molar-refractivity contribution in [3.05, 3.63) is 0 Å². The van der Waals surface area contributed by atoms with Crippen molar-refractivity contribution in [1.29, 1.82) is 0 Å². The zero-order valence-corrected chi connectivity index (χ0v) is 7.66. The lowest BCUT2D eigenvalue weighted by Gasteiger charge is -2.18. The molecule has 0 saturated heterocycles. The molecule has 0 heterocycles. The molecule has 72 valence electrons. The predicted molar refractivity (Wildman–Crippen MR) is 46.0 cm³/mol. The van der Waals surface area contributed by atoms with Gasteiger partial charge in [0, 0.05) is 6.54 Å². The summed E-state index contributed by atoms with van der Waals surface area (Å²) in [6, 6.07) is 0. The first-order chi connectivity index (χ1) is 5.61. The fraction of sp³-hybridized carbons (Fsp3) is 0.875. The number of aliphatic carboxylic acids is 1. The van der Waals surface area contributed by atoms with E-state index in [-0.39, 0.29) is 0 Å². The van der Waals surface area contributed by atoms with Crippen LogP contribution in [0.25, 0.3) is 0 Å². The van der Waals surface area contributed by atoms with Gasteiger partial charge in [0.25, 0.3) is 0 Å². The Morgan fingerprint density at radius 3 is 2.25 bits per heavy atom. The smallest absolute Gasteiger partial charge is 0.332 e. The Hall–Kier alpha value is -0.610. The van der Waals surface area contributed by atoms with E-state index >= 15 is 0 Å². The summed E-state index contributed by atoms with van der Waals surface area (Å²) < 4.78 is 0. The molecule has 12 heavy (non-hydrogen) atoms. The average molecular weight is 175 g/mol. The third-order valence-electron chi connectivity index (χ3n) is 1.90. The number of nitrogens with zero attached hydrogens (tertiary/aromatic N) is 1. The van der Waals surface area contributed by atoms with Crippen molar-refractivity contribution in [2.24, 2.45) is 0 Å². The molecule has 0 amide bonds. The number of aliphatic hydroxyl groups is 1. The summed E-state index contributed by atoms with van der Waals surface area (Å²) >= 11 is 0. The molecule has 0 aliphatic rings. The second-order valence-electron chi connectivity index (χ2n) is 2.67. The maximum Gasteiger partial charge on any atom is 0.332 e. The number of carboxylic acids is 1. The molecular weight excluding hydrogens is 158 g/mol. The van der Waals surface area contributed by atoms with Crippen molar-refractivity contribution < 1.29 is 15.0 Å². The highest BCUT2D eigenvalue weighted by atomic mass is 16.4. The van der Waals surface area contributed by atoms with E-state index in [4.69, 9.17) is 10.2 Å². The van der Waals surface area contributed by atoms with Gasteiger partial charge in [-0.3, -0.25) is 0 Å². The van der Waals surface area contributed by atoms with Crippen LogP contribution in [0.5, 0.6) is 0 Å². The molecule has 0 aromatic rings. The minimum atomic E-state index is -1.22. The predicted octanol–water partition coefficient (Wildman–Crippen LogP) is 0.164. The summed E-state index contributed by atoms with van der Waals surface area (Å²) in [4.78, 5) is 12.3. The van der Waals surface area contributed by atoms with E-state index in [2.05, 4.69) is 4.90 Å². The van der Waals surface area contributed by atoms with Gasteiger partial charge in [-0.05, 0) is 19.5 Å². The largest absolute Gasteiger partial charge is 0.479 e. The molecule has 0 aromatic heterocycles. The van der Waals surface area contributed by atoms with Crippen LogP contribution in [0.2, 0.25) is 0 Å². The van der Waals surface area contributed by atoms with Crippen LogP contribution in [0.3, 0.4) is 0 Å². The lowest BCUT2D eigenvalue weighted by Crippen LogP contribution is -2.29. The summed E-state index contributed by atoms with van der Waals surface area (Å²) in [5, 5.41) is 17.3. The van der Waals surface area contributed by atoms with Gasteiger partial charge in [-0.1, -0.05) is 13.8 Å². The molecule has 0 radical (unpaired) electrons. The van der Waals surface area contributed by atoms with Crippen molar-refractivity contribution in [1.82, 2.24) is 4.90 Å². The van der Waals surface area contributed by atoms with E-state index in [1.54, 1.807) is 0 Å². The van der Waals surface area contributed by atoms with Crippen molar-refractivity contribution in [3.8, 4) is 0 Å². The molecule has 0 aliphatic heterocycles. The molecule has 0 aromatic carbocycles. The third kappa shape index (κ3) is 4.31. The van der Waals surface area contributed by atoms with Gasteiger partial charge in [-0.2, -0.15) is 0 Å². The Morgan fingerprint density at radius 1 is 1.42 bits per heavy atom. The van der Waals surface area contributed by atoms with Crippen molar-refractivity contribution in [2.45, 2.75) is 26.4 Å². The molecule has 0 spiro atoms. The second-order valence-corrected chi connectivity index (χ2v) is 2.67. The molecule has 0 rings (SSSR count). The Kier molecular flexibility index (Phi) is 5.66. The fourth-order valence-corrected chi connectivity index (χ4v) is 0.968. The lowest BCUT2D eigenvalue weighted by molar-refractivity contribution is -0.147. The van der Waals surface area contributed by atoms with Crippen LogP contribution in [0.15, 0.2) is 0 Å². The number of rotatable bonds is 6. The second kappa shape index (κ2) is 5.97. The van der Waals surface area contributed by atoms with E-state index in [1.165, 1.54) is 0 Å². The number of carbonyl (C=O) groups is 1. The average Bonchev–Trinajstić information content (AvgIpc) is 2.05. The van der Waals surface area contributed by atoms with E-state index in [9.17, 15) is 4.79 Å². The number of carboxylic acid groups (broad SMARTS) is 1. The highest BCUT2D eigenvalue weighted by Crippen LogP contribution is 1.95. The van der Waals surface area contributed by atoms with Crippen LogP contribution < -0.4 is 0 Å². The molecule has 0 saturated carbocycles. The number of aliphatic hydroxyl groups excluding tert-OH is 1. The number of hydrogen-bond donors (Lipinski definition) is 2. The Balaban J connectivity index is 3.58. The van der Waals surface area contributed by atoms with Crippen molar-refractivity contribution in [3.63, 3.8) is 0 Å². The first-order valence-electron chi connectivity index (χ1n) is 4.25. The van der Waals surface area contributed by atoms with Crippen LogP contribution in [-0.2, 0) is 4.79 Å². The minimum Gasteiger partial charge on any atom is -0.479 e. The molecule has 1 unspecified atom stereocenters. The van der Waals surface area contributed by atoms with Crippen molar-refractivity contribution in [2.75, 3.05) is 19.6 Å². The first kappa shape index (κ1) is 11.4. The molecule has 0 fully saturated rings. The summed E-state index contributed by atoms with van der Waals surface area (Å²) in [6.45, 7) is 6.44. The Morgan fingerprint density at radius 2 is 1.92 bits per heavy atom. The van der Waals surface area contributed by atoms with Crippen LogP contribution >= 0.6 is 0 Å². The highest BCUT2D eigenvalue weighted by Gasteiger charge is 2.13. The molecule has 1 atom stereocenters. The zero-order chi connectivity index (χ0) is 9.56. The Bertz CT molecular complexity index is 134. The Labute approximate surface area is 72.8 Å². The third-order valence-corrected chi connectivity index (χ3v) is 1.90. The minimum absolute atomic E-state index is 0.303. The van der Waals surface area contributed by atoms with E-state index in [0.29, 0.717) is 13.0 Å². The van der Waals surface area contributed by atoms with Gasteiger partial charge in [-0.15, -0.1) is 0 Å². The van der Waals surface area contributed by atoms with E-state index in [1.807, 2.05) is 13.8 Å². The molecular formula is C8H17NO3. The monoisotopic (exact) mass is 175 g/mol. The van der Waals surface area contributed by atoms with Crippen LogP contribution in [0.1, 0.15) is 20.3 Å². The lowest BCUT2D eigenvalue weighted by atomic mass is 10.2. The zero-order valence-electron chi connectivity index (χ0n) is 7.66. The molecule has 0 bridgehead atoms. The SMILES string of the molecule is CCN(CC)CCC(O)C(=O)O. The summed E-state index contributed by atoms with van der Waals surface area (Å²) in [5.41, 5.74) is 0. The molecule has 4 nitrogen and oxygen atoms in total. The highest BCUT2D eigenvalue weighted by molar-refractivity contribution is 5.71. The summed E-state index contributed by atoms with van der Waals surface area (Å²) in [7, 11) is 0. The number of hydrogen-bond acceptors (Lipinski definition) is 3. The first-order valence-corrected chi connectivity index (χ1v) is 4.25. The summed E-state index contributed by atoms with van der Waals surface area (Å²) in [5.74, 6) is -1.14. The van der Waals surface area contributed by atoms with Gasteiger partial charge < -0.3 is 15.1 Å². The van der Waals surface area contributed by atoms with Crippen LogP contribution in [0, 0.1) is 0 Å². The topological polar surface area (TPSA) is 60.8 Å². The van der Waals surface area contributed by atoms with Gasteiger partial charge in [0.2, 0.25) is 0 Å². The standard InChI is InChI=1S/C8H17NO3/c1-3-9(4-2)6-5-7(10)8(11)12/h7,10H,3-6H2,1-2H3,(H,11,12). The van der Waals surface area contributed by atoms with E-state index < -0.39 is 12.1 Å². The quantitative estimate of drug-likeness (QED) is 0.604.